The Kier molecular flexibility index (Phi) is 5.79. The summed E-state index contributed by atoms with van der Waals surface area (Å²) in [5.74, 6) is 0. The van der Waals surface area contributed by atoms with Gasteiger partial charge >= 0.3 is 6.09 Å². The zero-order valence-corrected chi connectivity index (χ0v) is 15.2. The number of benzene rings is 1. The molecule has 0 spiro atoms. The van der Waals surface area contributed by atoms with Crippen LogP contribution in [0.15, 0.2) is 18.2 Å². The van der Waals surface area contributed by atoms with Crippen LogP contribution in [0.2, 0.25) is 5.02 Å². The van der Waals surface area contributed by atoms with E-state index in [0.29, 0.717) is 6.04 Å². The molecule has 1 saturated carbocycles. The van der Waals surface area contributed by atoms with Crippen molar-refractivity contribution in [1.82, 2.24) is 5.32 Å². The maximum Gasteiger partial charge on any atom is 0.407 e. The van der Waals surface area contributed by atoms with Gasteiger partial charge in [0, 0.05) is 22.8 Å². The lowest BCUT2D eigenvalue weighted by Gasteiger charge is -2.31. The Balaban J connectivity index is 1.79. The maximum absolute atomic E-state index is 11.8. The zero-order valence-electron chi connectivity index (χ0n) is 14.4. The number of halogens is 1. The van der Waals surface area contributed by atoms with Crippen molar-refractivity contribution in [2.24, 2.45) is 0 Å². The van der Waals surface area contributed by atoms with Gasteiger partial charge in [0.1, 0.15) is 5.60 Å². The molecule has 2 N–H and O–H groups in total. The maximum atomic E-state index is 11.8. The van der Waals surface area contributed by atoms with Crippen LogP contribution in [0.3, 0.4) is 0 Å². The first-order valence-corrected chi connectivity index (χ1v) is 8.63. The van der Waals surface area contributed by atoms with E-state index in [9.17, 15) is 4.79 Å². The second kappa shape index (κ2) is 7.43. The Morgan fingerprint density at radius 2 is 1.78 bits per heavy atom. The molecule has 4 nitrogen and oxygen atoms in total. The molecule has 0 atom stereocenters. The van der Waals surface area contributed by atoms with E-state index in [2.05, 4.69) is 17.6 Å². The van der Waals surface area contributed by atoms with Gasteiger partial charge in [-0.2, -0.15) is 0 Å². The van der Waals surface area contributed by atoms with Crippen molar-refractivity contribution in [2.75, 3.05) is 5.32 Å². The molecule has 0 radical (unpaired) electrons. The highest BCUT2D eigenvalue weighted by Crippen LogP contribution is 2.26. The number of ether oxygens (including phenoxy) is 1. The number of anilines is 1. The lowest BCUT2D eigenvalue weighted by atomic mass is 9.91. The van der Waals surface area contributed by atoms with Crippen molar-refractivity contribution in [3.05, 3.63) is 28.8 Å². The first kappa shape index (κ1) is 17.9. The van der Waals surface area contributed by atoms with Gasteiger partial charge in [0.25, 0.3) is 0 Å². The first-order valence-electron chi connectivity index (χ1n) is 8.25. The van der Waals surface area contributed by atoms with Crippen molar-refractivity contribution >= 4 is 23.4 Å². The molecule has 1 aliphatic rings. The summed E-state index contributed by atoms with van der Waals surface area (Å²) in [5.41, 5.74) is 1.85. The van der Waals surface area contributed by atoms with E-state index in [4.69, 9.17) is 16.3 Å². The van der Waals surface area contributed by atoms with Crippen LogP contribution < -0.4 is 10.6 Å². The molecule has 1 aromatic rings. The Hall–Kier alpha value is -1.42. The van der Waals surface area contributed by atoms with Crippen molar-refractivity contribution in [3.63, 3.8) is 0 Å². The molecule has 1 amide bonds. The molecule has 23 heavy (non-hydrogen) atoms. The van der Waals surface area contributed by atoms with Gasteiger partial charge in [-0.05, 0) is 77.1 Å². The van der Waals surface area contributed by atoms with Gasteiger partial charge in [-0.1, -0.05) is 11.6 Å². The second-order valence-corrected chi connectivity index (χ2v) is 7.73. The molecular weight excluding hydrogens is 312 g/mol. The fraction of sp³-hybridized carbons (Fsp3) is 0.611. The van der Waals surface area contributed by atoms with Gasteiger partial charge in [-0.15, -0.1) is 0 Å². The van der Waals surface area contributed by atoms with Crippen LogP contribution in [0.5, 0.6) is 0 Å². The largest absolute Gasteiger partial charge is 0.444 e. The van der Waals surface area contributed by atoms with Crippen LogP contribution in [0.4, 0.5) is 10.5 Å². The average molecular weight is 339 g/mol. The summed E-state index contributed by atoms with van der Waals surface area (Å²) in [6.45, 7) is 7.69. The lowest BCUT2D eigenvalue weighted by molar-refractivity contribution is 0.0492. The molecule has 0 aromatic heterocycles. The van der Waals surface area contributed by atoms with E-state index in [1.54, 1.807) is 0 Å². The number of carbonyl (C=O) groups is 1. The van der Waals surface area contributed by atoms with Gasteiger partial charge in [-0.3, -0.25) is 0 Å². The van der Waals surface area contributed by atoms with E-state index in [1.807, 2.05) is 39.0 Å². The summed E-state index contributed by atoms with van der Waals surface area (Å²) in [4.78, 5) is 11.8. The number of carbonyl (C=O) groups excluding carboxylic acids is 1. The molecule has 128 valence electrons. The topological polar surface area (TPSA) is 50.4 Å². The quantitative estimate of drug-likeness (QED) is 0.824. The third-order valence-corrected chi connectivity index (χ3v) is 4.23. The highest BCUT2D eigenvalue weighted by Gasteiger charge is 2.24. The Bertz CT molecular complexity index is 546. The van der Waals surface area contributed by atoms with Crippen molar-refractivity contribution < 1.29 is 9.53 Å². The molecule has 0 saturated heterocycles. The van der Waals surface area contributed by atoms with Crippen LogP contribution in [0, 0.1) is 6.92 Å². The molecule has 0 heterocycles. The predicted molar refractivity (Wildman–Crippen MR) is 95.2 cm³/mol. The van der Waals surface area contributed by atoms with E-state index >= 15 is 0 Å². The summed E-state index contributed by atoms with van der Waals surface area (Å²) in [6, 6.07) is 6.55. The van der Waals surface area contributed by atoms with Crippen molar-refractivity contribution in [3.8, 4) is 0 Å². The monoisotopic (exact) mass is 338 g/mol. The minimum Gasteiger partial charge on any atom is -0.444 e. The van der Waals surface area contributed by atoms with E-state index in [-0.39, 0.29) is 12.1 Å². The standard InChI is InChI=1S/C18H27ClN2O2/c1-12-11-13(19)5-10-16(12)20-14-6-8-15(9-7-14)21-17(22)23-18(2,3)4/h5,10-11,14-15,20H,6-9H2,1-4H3,(H,21,22). The third-order valence-electron chi connectivity index (χ3n) is 4.00. The smallest absolute Gasteiger partial charge is 0.407 e. The van der Waals surface area contributed by atoms with E-state index < -0.39 is 5.60 Å². The highest BCUT2D eigenvalue weighted by atomic mass is 35.5. The number of hydrogen-bond donors (Lipinski definition) is 2. The highest BCUT2D eigenvalue weighted by molar-refractivity contribution is 6.30. The molecule has 1 aliphatic carbocycles. The predicted octanol–water partition coefficient (Wildman–Crippen LogP) is 4.90. The number of alkyl carbamates (subject to hydrolysis) is 1. The Labute approximate surface area is 143 Å². The number of aryl methyl sites for hydroxylation is 1. The normalized spacial score (nSPS) is 21.6. The van der Waals surface area contributed by atoms with Crippen LogP contribution in [0.1, 0.15) is 52.0 Å². The van der Waals surface area contributed by atoms with Crippen LogP contribution >= 0.6 is 11.6 Å². The van der Waals surface area contributed by atoms with E-state index in [1.165, 1.54) is 0 Å². The fourth-order valence-electron chi connectivity index (χ4n) is 2.87. The molecule has 2 rings (SSSR count). The van der Waals surface area contributed by atoms with Gasteiger partial charge in [0.15, 0.2) is 0 Å². The fourth-order valence-corrected chi connectivity index (χ4v) is 3.09. The number of hydrogen-bond acceptors (Lipinski definition) is 3. The minimum atomic E-state index is -0.449. The molecule has 0 aliphatic heterocycles. The molecule has 1 aromatic carbocycles. The minimum absolute atomic E-state index is 0.203. The molecule has 0 bridgehead atoms. The van der Waals surface area contributed by atoms with Crippen LogP contribution in [0.25, 0.3) is 0 Å². The van der Waals surface area contributed by atoms with Gasteiger partial charge in [0.2, 0.25) is 0 Å². The van der Waals surface area contributed by atoms with Crippen molar-refractivity contribution in [2.45, 2.75) is 71.1 Å². The number of amides is 1. The summed E-state index contributed by atoms with van der Waals surface area (Å²) in [7, 11) is 0. The van der Waals surface area contributed by atoms with Gasteiger partial charge < -0.3 is 15.4 Å². The van der Waals surface area contributed by atoms with Crippen LogP contribution in [-0.2, 0) is 4.74 Å². The lowest BCUT2D eigenvalue weighted by Crippen LogP contribution is -2.42. The van der Waals surface area contributed by atoms with E-state index in [0.717, 1.165) is 42.0 Å². The zero-order chi connectivity index (χ0) is 17.0. The Morgan fingerprint density at radius 3 is 2.35 bits per heavy atom. The summed E-state index contributed by atoms with van der Waals surface area (Å²) in [6.07, 6.45) is 3.67. The van der Waals surface area contributed by atoms with Crippen molar-refractivity contribution in [1.29, 1.82) is 0 Å². The SMILES string of the molecule is Cc1cc(Cl)ccc1NC1CCC(NC(=O)OC(C)(C)C)CC1. The summed E-state index contributed by atoms with van der Waals surface area (Å²) < 4.78 is 5.31. The molecule has 5 heteroatoms. The molecular formula is C18H27ClN2O2. The molecule has 0 unspecified atom stereocenters. The van der Waals surface area contributed by atoms with Gasteiger partial charge in [-0.25, -0.2) is 4.79 Å². The van der Waals surface area contributed by atoms with Crippen LogP contribution in [-0.4, -0.2) is 23.8 Å². The summed E-state index contributed by atoms with van der Waals surface area (Å²) in [5, 5.41) is 7.32. The number of nitrogens with one attached hydrogen (secondary N) is 2. The Morgan fingerprint density at radius 1 is 1.17 bits per heavy atom. The molecule has 1 fully saturated rings. The number of rotatable bonds is 3. The second-order valence-electron chi connectivity index (χ2n) is 7.30. The average Bonchev–Trinajstić information content (AvgIpc) is 2.42. The summed E-state index contributed by atoms with van der Waals surface area (Å²) >= 11 is 5.99. The van der Waals surface area contributed by atoms with Gasteiger partial charge in [0.05, 0.1) is 0 Å². The first-order chi connectivity index (χ1) is 10.7. The third kappa shape index (κ3) is 5.94.